The molecule has 2 heterocycles. The minimum atomic E-state index is -0.137. The quantitative estimate of drug-likeness (QED) is 0.608. The molecule has 3 aromatic rings. The molecular formula is C27H30N4O. The first-order valence-electron chi connectivity index (χ1n) is 11.8. The van der Waals surface area contributed by atoms with E-state index in [1.165, 1.54) is 30.4 Å². The van der Waals surface area contributed by atoms with Crippen LogP contribution in [0.2, 0.25) is 0 Å². The van der Waals surface area contributed by atoms with Gasteiger partial charge in [0.15, 0.2) is 0 Å². The summed E-state index contributed by atoms with van der Waals surface area (Å²) in [4.78, 5) is 18.9. The van der Waals surface area contributed by atoms with Crippen LogP contribution in [0.25, 0.3) is 10.9 Å². The fourth-order valence-corrected chi connectivity index (χ4v) is 5.51. The predicted octanol–water partition coefficient (Wildman–Crippen LogP) is 4.92. The number of nitrogens with one attached hydrogen (secondary N) is 2. The van der Waals surface area contributed by atoms with E-state index in [0.717, 1.165) is 61.8 Å². The maximum atomic E-state index is 13.2. The molecule has 1 saturated carbocycles. The summed E-state index contributed by atoms with van der Waals surface area (Å²) in [7, 11) is 0. The summed E-state index contributed by atoms with van der Waals surface area (Å²) < 4.78 is 0. The van der Waals surface area contributed by atoms with E-state index in [0.29, 0.717) is 5.69 Å². The van der Waals surface area contributed by atoms with E-state index in [1.54, 1.807) is 0 Å². The Morgan fingerprint density at radius 3 is 2.78 bits per heavy atom. The van der Waals surface area contributed by atoms with Gasteiger partial charge in [0, 0.05) is 36.1 Å². The molecule has 2 aromatic carbocycles. The summed E-state index contributed by atoms with van der Waals surface area (Å²) in [5.74, 6) is 0.00533. The summed E-state index contributed by atoms with van der Waals surface area (Å²) in [6, 6.07) is 18.4. The molecule has 1 amide bonds. The minimum absolute atomic E-state index is 0.00533. The van der Waals surface area contributed by atoms with E-state index in [1.807, 2.05) is 42.5 Å². The summed E-state index contributed by atoms with van der Waals surface area (Å²) in [6.07, 6.45) is 7.56. The molecule has 0 atom stereocenters. The number of hydrogen-bond donors (Lipinski definition) is 2. The monoisotopic (exact) mass is 426 g/mol. The van der Waals surface area contributed by atoms with Crippen molar-refractivity contribution in [2.75, 3.05) is 13.1 Å². The summed E-state index contributed by atoms with van der Waals surface area (Å²) >= 11 is 0. The second-order valence-electron chi connectivity index (χ2n) is 9.40. The van der Waals surface area contributed by atoms with Gasteiger partial charge in [-0.1, -0.05) is 49.6 Å². The van der Waals surface area contributed by atoms with Crippen molar-refractivity contribution < 1.29 is 4.79 Å². The largest absolute Gasteiger partial charge is 0.351 e. The van der Waals surface area contributed by atoms with Crippen molar-refractivity contribution in [1.29, 1.82) is 5.26 Å². The van der Waals surface area contributed by atoms with Crippen molar-refractivity contribution in [3.8, 4) is 6.07 Å². The average Bonchev–Trinajstić information content (AvgIpc) is 3.27. The molecule has 5 rings (SSSR count). The molecule has 2 aliphatic rings. The van der Waals surface area contributed by atoms with E-state index < -0.39 is 0 Å². The third-order valence-corrected chi connectivity index (χ3v) is 7.34. The first kappa shape index (κ1) is 20.8. The van der Waals surface area contributed by atoms with Gasteiger partial charge in [0.25, 0.3) is 5.91 Å². The van der Waals surface area contributed by atoms with Crippen molar-refractivity contribution >= 4 is 16.8 Å². The fourth-order valence-electron chi connectivity index (χ4n) is 5.51. The number of hydrogen-bond acceptors (Lipinski definition) is 3. The number of fused-ring (bicyclic) bond motifs is 2. The molecule has 1 aliphatic heterocycles. The van der Waals surface area contributed by atoms with Crippen molar-refractivity contribution in [2.24, 2.45) is 0 Å². The summed E-state index contributed by atoms with van der Waals surface area (Å²) in [5.41, 5.74) is 4.81. The Labute approximate surface area is 189 Å². The van der Waals surface area contributed by atoms with Crippen LogP contribution in [0.4, 0.5) is 0 Å². The number of nitriles is 1. The van der Waals surface area contributed by atoms with Crippen molar-refractivity contribution in [1.82, 2.24) is 15.2 Å². The Morgan fingerprint density at radius 2 is 1.97 bits per heavy atom. The zero-order valence-corrected chi connectivity index (χ0v) is 18.5. The number of carbonyl (C=O) groups is 1. The van der Waals surface area contributed by atoms with Gasteiger partial charge < -0.3 is 10.3 Å². The Bertz CT molecular complexity index is 1130. The van der Waals surface area contributed by atoms with E-state index in [-0.39, 0.29) is 11.4 Å². The number of benzene rings is 2. The lowest BCUT2D eigenvalue weighted by Crippen LogP contribution is -2.51. The third-order valence-electron chi connectivity index (χ3n) is 7.34. The highest BCUT2D eigenvalue weighted by Crippen LogP contribution is 2.33. The first-order chi connectivity index (χ1) is 15.7. The normalized spacial score (nSPS) is 18.1. The Hall–Kier alpha value is -3.10. The zero-order chi connectivity index (χ0) is 22.0. The molecule has 0 radical (unpaired) electrons. The number of rotatable bonds is 5. The maximum absolute atomic E-state index is 13.2. The van der Waals surface area contributed by atoms with E-state index in [4.69, 9.17) is 0 Å². The highest BCUT2D eigenvalue weighted by Gasteiger charge is 2.34. The number of aromatic nitrogens is 1. The molecule has 1 aliphatic carbocycles. The molecule has 0 saturated heterocycles. The van der Waals surface area contributed by atoms with Crippen LogP contribution in [0, 0.1) is 11.3 Å². The van der Waals surface area contributed by atoms with Crippen molar-refractivity contribution in [2.45, 2.75) is 57.0 Å². The maximum Gasteiger partial charge on any atom is 0.268 e. The lowest BCUT2D eigenvalue weighted by atomic mass is 9.78. The molecule has 5 nitrogen and oxygen atoms in total. The lowest BCUT2D eigenvalue weighted by Gasteiger charge is -2.40. The Balaban J connectivity index is 1.28. The topological polar surface area (TPSA) is 71.9 Å². The average molecular weight is 427 g/mol. The van der Waals surface area contributed by atoms with E-state index >= 15 is 0 Å². The molecule has 0 bridgehead atoms. The number of amides is 1. The molecule has 1 fully saturated rings. The number of para-hydroxylation sites is 1. The van der Waals surface area contributed by atoms with Crippen LogP contribution < -0.4 is 5.32 Å². The Kier molecular flexibility index (Phi) is 5.71. The van der Waals surface area contributed by atoms with Gasteiger partial charge in [0.2, 0.25) is 0 Å². The standard InChI is InChI=1S/C27H30N4O/c28-18-21-8-6-9-22-19-31(15-11-23(21)22)16-14-27(12-4-1-5-13-27)30-26(32)25-17-20-7-2-3-10-24(20)29-25/h2-3,6-10,17,29H,1,4-5,11-16,19H2,(H,30,32). The highest BCUT2D eigenvalue weighted by molar-refractivity contribution is 5.98. The van der Waals surface area contributed by atoms with Crippen LogP contribution in [0.15, 0.2) is 48.5 Å². The van der Waals surface area contributed by atoms with Crippen LogP contribution in [0.3, 0.4) is 0 Å². The molecule has 32 heavy (non-hydrogen) atoms. The van der Waals surface area contributed by atoms with Gasteiger partial charge >= 0.3 is 0 Å². The molecule has 2 N–H and O–H groups in total. The van der Waals surface area contributed by atoms with Crippen LogP contribution >= 0.6 is 0 Å². The van der Waals surface area contributed by atoms with Gasteiger partial charge in [-0.05, 0) is 55.0 Å². The molecule has 5 heteroatoms. The van der Waals surface area contributed by atoms with Crippen LogP contribution in [-0.4, -0.2) is 34.4 Å². The van der Waals surface area contributed by atoms with E-state index in [2.05, 4.69) is 27.3 Å². The SMILES string of the molecule is N#Cc1cccc2c1CCN(CCC1(NC(=O)c3cc4ccccc4[nH]3)CCCCC1)C2. The number of carbonyl (C=O) groups excluding carboxylic acids is 1. The minimum Gasteiger partial charge on any atom is -0.351 e. The number of H-pyrrole nitrogens is 1. The predicted molar refractivity (Wildman–Crippen MR) is 126 cm³/mol. The first-order valence-corrected chi connectivity index (χ1v) is 11.8. The summed E-state index contributed by atoms with van der Waals surface area (Å²) in [5, 5.41) is 13.9. The lowest BCUT2D eigenvalue weighted by molar-refractivity contribution is 0.0836. The van der Waals surface area contributed by atoms with Crippen molar-refractivity contribution in [3.63, 3.8) is 0 Å². The van der Waals surface area contributed by atoms with Crippen molar-refractivity contribution in [3.05, 3.63) is 70.9 Å². The molecule has 164 valence electrons. The molecule has 0 spiro atoms. The van der Waals surface area contributed by atoms with Gasteiger partial charge in [0.1, 0.15) is 5.69 Å². The molecule has 1 aromatic heterocycles. The molecular weight excluding hydrogens is 396 g/mol. The highest BCUT2D eigenvalue weighted by atomic mass is 16.2. The number of aromatic amines is 1. The van der Waals surface area contributed by atoms with Crippen LogP contribution in [0.5, 0.6) is 0 Å². The van der Waals surface area contributed by atoms with Gasteiger partial charge in [-0.15, -0.1) is 0 Å². The second kappa shape index (κ2) is 8.80. The van der Waals surface area contributed by atoms with E-state index in [9.17, 15) is 10.1 Å². The third kappa shape index (κ3) is 4.16. The van der Waals surface area contributed by atoms with Crippen LogP contribution in [-0.2, 0) is 13.0 Å². The van der Waals surface area contributed by atoms with Gasteiger partial charge in [-0.2, -0.15) is 5.26 Å². The van der Waals surface area contributed by atoms with Gasteiger partial charge in [-0.25, -0.2) is 0 Å². The number of nitrogens with zero attached hydrogens (tertiary/aromatic N) is 2. The second-order valence-corrected chi connectivity index (χ2v) is 9.40. The van der Waals surface area contributed by atoms with Gasteiger partial charge in [-0.3, -0.25) is 9.69 Å². The van der Waals surface area contributed by atoms with Crippen LogP contribution in [0.1, 0.15) is 65.7 Å². The van der Waals surface area contributed by atoms with Gasteiger partial charge in [0.05, 0.1) is 11.6 Å². The fraction of sp³-hybridized carbons (Fsp3) is 0.407. The smallest absolute Gasteiger partial charge is 0.268 e. The molecule has 0 unspecified atom stereocenters. The zero-order valence-electron chi connectivity index (χ0n) is 18.5. The Morgan fingerprint density at radius 1 is 1.12 bits per heavy atom. The summed E-state index contributed by atoms with van der Waals surface area (Å²) in [6.45, 7) is 2.82.